The molecule has 0 saturated carbocycles. The number of aromatic nitrogens is 1. The van der Waals surface area contributed by atoms with E-state index < -0.39 is 0 Å². The minimum Gasteiger partial charge on any atom is -0.340 e. The molecule has 17 heavy (non-hydrogen) atoms. The van der Waals surface area contributed by atoms with E-state index in [1.807, 2.05) is 55.8 Å². The maximum absolute atomic E-state index is 12.0. The predicted molar refractivity (Wildman–Crippen MR) is 74.1 cm³/mol. The van der Waals surface area contributed by atoms with Gasteiger partial charge in [0.05, 0.1) is 6.54 Å². The lowest BCUT2D eigenvalue weighted by atomic mass is 9.91. The zero-order valence-electron chi connectivity index (χ0n) is 10.3. The number of halogens is 1. The number of ketones is 1. The van der Waals surface area contributed by atoms with Gasteiger partial charge in [-0.3, -0.25) is 4.79 Å². The highest BCUT2D eigenvalue weighted by Crippen LogP contribution is 2.25. The summed E-state index contributed by atoms with van der Waals surface area (Å²) in [5.74, 6) is 0.245. The van der Waals surface area contributed by atoms with Gasteiger partial charge in [0.1, 0.15) is 0 Å². The number of fused-ring (bicyclic) bond motifs is 1. The Balaban J connectivity index is 2.38. The zero-order valence-corrected chi connectivity index (χ0v) is 11.9. The van der Waals surface area contributed by atoms with Crippen molar-refractivity contribution >= 4 is 32.6 Å². The summed E-state index contributed by atoms with van der Waals surface area (Å²) in [4.78, 5) is 12.0. The maximum atomic E-state index is 12.0. The van der Waals surface area contributed by atoms with Gasteiger partial charge in [0.15, 0.2) is 5.78 Å². The molecule has 0 saturated heterocycles. The van der Waals surface area contributed by atoms with E-state index in [0.29, 0.717) is 6.54 Å². The van der Waals surface area contributed by atoms with Gasteiger partial charge in [-0.15, -0.1) is 0 Å². The SMILES string of the molecule is CC(C)(C)C(=O)Cn1ccc2c(Br)cccc21. The molecule has 0 aliphatic carbocycles. The van der Waals surface area contributed by atoms with Gasteiger partial charge in [0.25, 0.3) is 0 Å². The topological polar surface area (TPSA) is 22.0 Å². The second kappa shape index (κ2) is 4.30. The molecule has 0 radical (unpaired) electrons. The molecule has 2 rings (SSSR count). The quantitative estimate of drug-likeness (QED) is 0.820. The highest BCUT2D eigenvalue weighted by Gasteiger charge is 2.21. The molecule has 0 N–H and O–H groups in total. The van der Waals surface area contributed by atoms with Gasteiger partial charge in [-0.1, -0.05) is 42.8 Å². The molecular formula is C14H16BrNO. The molecular weight excluding hydrogens is 278 g/mol. The molecule has 0 atom stereocenters. The number of rotatable bonds is 2. The van der Waals surface area contributed by atoms with E-state index >= 15 is 0 Å². The van der Waals surface area contributed by atoms with Crippen molar-refractivity contribution in [3.05, 3.63) is 34.9 Å². The molecule has 2 aromatic rings. The van der Waals surface area contributed by atoms with Gasteiger partial charge in [0.2, 0.25) is 0 Å². The maximum Gasteiger partial charge on any atom is 0.157 e. The standard InChI is InChI=1S/C14H16BrNO/c1-14(2,3)13(17)9-16-8-7-10-11(15)5-4-6-12(10)16/h4-8H,9H2,1-3H3. The second-order valence-corrected chi connectivity index (χ2v) is 6.14. The summed E-state index contributed by atoms with van der Waals surface area (Å²) >= 11 is 3.52. The number of hydrogen-bond donors (Lipinski definition) is 0. The summed E-state index contributed by atoms with van der Waals surface area (Å²) in [6.07, 6.45) is 1.97. The molecule has 0 spiro atoms. The van der Waals surface area contributed by atoms with E-state index in [9.17, 15) is 4.79 Å². The molecule has 0 fully saturated rings. The first-order chi connectivity index (χ1) is 7.89. The Labute approximate surface area is 110 Å². The minimum absolute atomic E-state index is 0.245. The Morgan fingerprint density at radius 3 is 2.65 bits per heavy atom. The van der Waals surface area contributed by atoms with Crippen molar-refractivity contribution in [2.75, 3.05) is 0 Å². The fraction of sp³-hybridized carbons (Fsp3) is 0.357. The van der Waals surface area contributed by atoms with Crippen molar-refractivity contribution < 1.29 is 4.79 Å². The van der Waals surface area contributed by atoms with Crippen molar-refractivity contribution in [2.24, 2.45) is 5.41 Å². The van der Waals surface area contributed by atoms with Crippen LogP contribution in [0.25, 0.3) is 10.9 Å². The first-order valence-corrected chi connectivity index (χ1v) is 6.45. The molecule has 3 heteroatoms. The fourth-order valence-corrected chi connectivity index (χ4v) is 2.20. The van der Waals surface area contributed by atoms with E-state index in [4.69, 9.17) is 0 Å². The van der Waals surface area contributed by atoms with Crippen molar-refractivity contribution in [2.45, 2.75) is 27.3 Å². The minimum atomic E-state index is -0.289. The van der Waals surface area contributed by atoms with Crippen LogP contribution in [0.1, 0.15) is 20.8 Å². The van der Waals surface area contributed by atoms with Crippen LogP contribution in [0.4, 0.5) is 0 Å². The van der Waals surface area contributed by atoms with Gasteiger partial charge in [-0.05, 0) is 18.2 Å². The molecule has 1 heterocycles. The smallest absolute Gasteiger partial charge is 0.157 e. The van der Waals surface area contributed by atoms with Crippen molar-refractivity contribution in [1.82, 2.24) is 4.57 Å². The van der Waals surface area contributed by atoms with Gasteiger partial charge in [-0.25, -0.2) is 0 Å². The van der Waals surface area contributed by atoms with Crippen molar-refractivity contribution in [1.29, 1.82) is 0 Å². The fourth-order valence-electron chi connectivity index (χ4n) is 1.72. The third-order valence-corrected chi connectivity index (χ3v) is 3.60. The van der Waals surface area contributed by atoms with Crippen LogP contribution < -0.4 is 0 Å². The van der Waals surface area contributed by atoms with Crippen LogP contribution in [0.15, 0.2) is 34.9 Å². The Morgan fingerprint density at radius 1 is 1.29 bits per heavy atom. The predicted octanol–water partition coefficient (Wildman–Crippen LogP) is 4.02. The van der Waals surface area contributed by atoms with Gasteiger partial charge in [-0.2, -0.15) is 0 Å². The van der Waals surface area contributed by atoms with Crippen molar-refractivity contribution in [3.63, 3.8) is 0 Å². The molecule has 0 amide bonds. The van der Waals surface area contributed by atoms with Gasteiger partial charge in [0, 0.05) is 27.0 Å². The first-order valence-electron chi connectivity index (χ1n) is 5.66. The van der Waals surface area contributed by atoms with E-state index in [2.05, 4.69) is 15.9 Å². The lowest BCUT2D eigenvalue weighted by molar-refractivity contribution is -0.126. The molecule has 0 unspecified atom stereocenters. The summed E-state index contributed by atoms with van der Waals surface area (Å²) in [6.45, 7) is 6.30. The number of hydrogen-bond acceptors (Lipinski definition) is 1. The molecule has 0 aliphatic heterocycles. The molecule has 90 valence electrons. The van der Waals surface area contributed by atoms with Crippen LogP contribution in [0.2, 0.25) is 0 Å². The zero-order chi connectivity index (χ0) is 12.6. The Bertz CT molecular complexity index is 563. The van der Waals surface area contributed by atoms with Crippen LogP contribution in [0.5, 0.6) is 0 Å². The number of Topliss-reactive ketones (excluding diaryl/α,β-unsaturated/α-hetero) is 1. The summed E-state index contributed by atoms with van der Waals surface area (Å²) in [5.41, 5.74) is 0.805. The van der Waals surface area contributed by atoms with Crippen LogP contribution in [0, 0.1) is 5.41 Å². The Morgan fingerprint density at radius 2 is 2.00 bits per heavy atom. The summed E-state index contributed by atoms with van der Waals surface area (Å²) in [7, 11) is 0. The molecule has 0 bridgehead atoms. The summed E-state index contributed by atoms with van der Waals surface area (Å²) in [5, 5.41) is 1.15. The lowest BCUT2D eigenvalue weighted by Crippen LogP contribution is -2.24. The molecule has 1 aromatic carbocycles. The highest BCUT2D eigenvalue weighted by atomic mass is 79.9. The molecule has 1 aromatic heterocycles. The second-order valence-electron chi connectivity index (χ2n) is 5.29. The number of carbonyl (C=O) groups excluding carboxylic acids is 1. The molecule has 0 aliphatic rings. The summed E-state index contributed by atoms with van der Waals surface area (Å²) < 4.78 is 3.07. The van der Waals surface area contributed by atoms with E-state index in [-0.39, 0.29) is 11.2 Å². The number of nitrogens with zero attached hydrogens (tertiary/aromatic N) is 1. The van der Waals surface area contributed by atoms with E-state index in [0.717, 1.165) is 15.4 Å². The van der Waals surface area contributed by atoms with Crippen molar-refractivity contribution in [3.8, 4) is 0 Å². The average Bonchev–Trinajstić information content (AvgIpc) is 2.62. The van der Waals surface area contributed by atoms with Crippen LogP contribution >= 0.6 is 15.9 Å². The third kappa shape index (κ3) is 2.44. The van der Waals surface area contributed by atoms with Crippen LogP contribution in [-0.2, 0) is 11.3 Å². The third-order valence-electron chi connectivity index (χ3n) is 2.91. The summed E-state index contributed by atoms with van der Waals surface area (Å²) in [6, 6.07) is 8.08. The normalized spacial score (nSPS) is 12.0. The van der Waals surface area contributed by atoms with Gasteiger partial charge >= 0.3 is 0 Å². The largest absolute Gasteiger partial charge is 0.340 e. The Kier molecular flexibility index (Phi) is 3.13. The van der Waals surface area contributed by atoms with Gasteiger partial charge < -0.3 is 4.57 Å². The number of carbonyl (C=O) groups is 1. The monoisotopic (exact) mass is 293 g/mol. The lowest BCUT2D eigenvalue weighted by Gasteiger charge is -2.17. The van der Waals surface area contributed by atoms with Crippen LogP contribution in [-0.4, -0.2) is 10.4 Å². The molecule has 2 nitrogen and oxygen atoms in total. The average molecular weight is 294 g/mol. The van der Waals surface area contributed by atoms with Crippen LogP contribution in [0.3, 0.4) is 0 Å². The Hall–Kier alpha value is -1.09. The van der Waals surface area contributed by atoms with E-state index in [1.165, 1.54) is 0 Å². The highest BCUT2D eigenvalue weighted by molar-refractivity contribution is 9.10. The number of benzene rings is 1. The van der Waals surface area contributed by atoms with E-state index in [1.54, 1.807) is 0 Å². The first kappa shape index (κ1) is 12.4.